The lowest BCUT2D eigenvalue weighted by molar-refractivity contribution is -0.117. The molecule has 0 saturated carbocycles. The van der Waals surface area contributed by atoms with Crippen LogP contribution in [0.4, 0.5) is 5.69 Å². The molecule has 3 rings (SSSR count). The van der Waals surface area contributed by atoms with Gasteiger partial charge in [0.1, 0.15) is 5.25 Å². The maximum atomic E-state index is 11.9. The molecule has 0 spiro atoms. The van der Waals surface area contributed by atoms with Gasteiger partial charge in [-0.1, -0.05) is 0 Å². The third-order valence-electron chi connectivity index (χ3n) is 3.11. The monoisotopic (exact) mass is 316 g/mol. The molecular weight excluding hydrogens is 308 g/mol. The fourth-order valence-corrected chi connectivity index (χ4v) is 3.86. The highest BCUT2D eigenvalue weighted by atomic mass is 35.7. The number of hydrogen-bond donors (Lipinski definition) is 0. The molecule has 0 N–H and O–H groups in total. The van der Waals surface area contributed by atoms with Crippen LogP contribution < -0.4 is 4.90 Å². The Morgan fingerprint density at radius 3 is 2.89 bits per heavy atom. The molecule has 1 aromatic carbocycles. The number of nitrogens with zero attached hydrogens (tertiary/aromatic N) is 2. The van der Waals surface area contributed by atoms with Crippen molar-refractivity contribution in [3.8, 4) is 0 Å². The molecule has 1 saturated heterocycles. The first-order valence-corrected chi connectivity index (χ1v) is 8.77. The van der Waals surface area contributed by atoms with E-state index in [0.29, 0.717) is 5.69 Å². The molecule has 8 heteroatoms. The summed E-state index contributed by atoms with van der Waals surface area (Å²) < 4.78 is 23.6. The van der Waals surface area contributed by atoms with E-state index in [2.05, 4.69) is 4.98 Å². The summed E-state index contributed by atoms with van der Waals surface area (Å²) in [4.78, 5) is 17.5. The second kappa shape index (κ2) is 4.43. The smallest absolute Gasteiger partial charge is 0.237 e. The fraction of sp³-hybridized carbons (Fsp3) is 0.273. The molecule has 19 heavy (non-hydrogen) atoms. The zero-order valence-corrected chi connectivity index (χ0v) is 12.0. The minimum atomic E-state index is -3.71. The summed E-state index contributed by atoms with van der Waals surface area (Å²) in [6.45, 7) is 0.106. The van der Waals surface area contributed by atoms with Gasteiger partial charge < -0.3 is 4.90 Å². The number of amides is 1. The second-order valence-electron chi connectivity index (χ2n) is 4.31. The molecule has 1 aliphatic rings. The molecular formula is C11H9ClN2O3S2. The molecule has 0 aliphatic carbocycles. The van der Waals surface area contributed by atoms with Crippen molar-refractivity contribution < 1.29 is 13.2 Å². The van der Waals surface area contributed by atoms with E-state index in [0.717, 1.165) is 10.2 Å². The number of anilines is 1. The van der Waals surface area contributed by atoms with Gasteiger partial charge in [-0.2, -0.15) is 0 Å². The number of rotatable bonds is 2. The minimum Gasteiger partial charge on any atom is -0.311 e. The van der Waals surface area contributed by atoms with Crippen molar-refractivity contribution >= 4 is 52.9 Å². The van der Waals surface area contributed by atoms with E-state index in [4.69, 9.17) is 10.7 Å². The summed E-state index contributed by atoms with van der Waals surface area (Å²) in [6.07, 6.45) is -0.0629. The summed E-state index contributed by atoms with van der Waals surface area (Å²) in [5.41, 5.74) is 3.28. The number of carbonyl (C=O) groups excluding carboxylic acids is 1. The van der Waals surface area contributed by atoms with E-state index in [1.807, 2.05) is 12.1 Å². The molecule has 1 aliphatic heterocycles. The first-order chi connectivity index (χ1) is 8.95. The van der Waals surface area contributed by atoms with E-state index in [9.17, 15) is 13.2 Å². The standard InChI is InChI=1S/C11H9ClN2O3S2/c12-19(16,17)8-4-11(15)14(5-8)7-1-2-9-10(3-7)18-6-13-9/h1-3,6,8H,4-5H2. The van der Waals surface area contributed by atoms with Gasteiger partial charge in [0.05, 0.1) is 15.7 Å². The molecule has 1 fully saturated rings. The number of halogens is 1. The van der Waals surface area contributed by atoms with Crippen LogP contribution in [-0.2, 0) is 13.8 Å². The average molecular weight is 317 g/mol. The highest BCUT2D eigenvalue weighted by Gasteiger charge is 2.38. The topological polar surface area (TPSA) is 67.3 Å². The van der Waals surface area contributed by atoms with Crippen LogP contribution in [0, 0.1) is 0 Å². The third-order valence-corrected chi connectivity index (χ3v) is 5.77. The van der Waals surface area contributed by atoms with Crippen molar-refractivity contribution in [3.05, 3.63) is 23.7 Å². The molecule has 2 aromatic rings. The van der Waals surface area contributed by atoms with Crippen LogP contribution in [0.15, 0.2) is 23.7 Å². The summed E-state index contributed by atoms with van der Waals surface area (Å²) in [7, 11) is 1.61. The van der Waals surface area contributed by atoms with E-state index in [-0.39, 0.29) is 18.9 Å². The van der Waals surface area contributed by atoms with E-state index >= 15 is 0 Å². The first kappa shape index (κ1) is 12.8. The highest BCUT2D eigenvalue weighted by molar-refractivity contribution is 8.14. The van der Waals surface area contributed by atoms with Crippen molar-refractivity contribution in [2.45, 2.75) is 11.7 Å². The summed E-state index contributed by atoms with van der Waals surface area (Å²) in [5, 5.41) is -0.834. The minimum absolute atomic E-state index is 0.0629. The Balaban J connectivity index is 1.96. The van der Waals surface area contributed by atoms with Crippen LogP contribution >= 0.6 is 22.0 Å². The van der Waals surface area contributed by atoms with Crippen LogP contribution in [0.2, 0.25) is 0 Å². The molecule has 0 bridgehead atoms. The molecule has 1 amide bonds. The summed E-state index contributed by atoms with van der Waals surface area (Å²) in [5.74, 6) is -0.224. The Bertz CT molecular complexity index is 756. The van der Waals surface area contributed by atoms with Crippen molar-refractivity contribution in [2.75, 3.05) is 11.4 Å². The Kier molecular flexibility index (Phi) is 2.99. The van der Waals surface area contributed by atoms with Gasteiger partial charge in [0.2, 0.25) is 15.0 Å². The van der Waals surface area contributed by atoms with Gasteiger partial charge in [-0.05, 0) is 18.2 Å². The predicted octanol–water partition coefficient (Wildman–Crippen LogP) is 1.97. The van der Waals surface area contributed by atoms with E-state index < -0.39 is 14.3 Å². The number of aromatic nitrogens is 1. The van der Waals surface area contributed by atoms with Crippen LogP contribution in [0.3, 0.4) is 0 Å². The largest absolute Gasteiger partial charge is 0.311 e. The van der Waals surface area contributed by atoms with Crippen molar-refractivity contribution in [2.24, 2.45) is 0 Å². The van der Waals surface area contributed by atoms with Crippen LogP contribution in [0.5, 0.6) is 0 Å². The fourth-order valence-electron chi connectivity index (χ4n) is 2.12. The number of thiazole rings is 1. The van der Waals surface area contributed by atoms with Gasteiger partial charge >= 0.3 is 0 Å². The molecule has 1 unspecified atom stereocenters. The molecule has 100 valence electrons. The van der Waals surface area contributed by atoms with Gasteiger partial charge in [0, 0.05) is 29.3 Å². The Labute approximate surface area is 118 Å². The Morgan fingerprint density at radius 2 is 2.21 bits per heavy atom. The molecule has 2 heterocycles. The van der Waals surface area contributed by atoms with Gasteiger partial charge in [0.25, 0.3) is 0 Å². The van der Waals surface area contributed by atoms with Crippen molar-refractivity contribution in [1.29, 1.82) is 0 Å². The molecule has 1 atom stereocenters. The Hall–Kier alpha value is -1.18. The van der Waals surface area contributed by atoms with Gasteiger partial charge in [0.15, 0.2) is 0 Å². The average Bonchev–Trinajstić information content (AvgIpc) is 2.92. The zero-order chi connectivity index (χ0) is 13.6. The van der Waals surface area contributed by atoms with Gasteiger partial charge in [-0.15, -0.1) is 11.3 Å². The summed E-state index contributed by atoms with van der Waals surface area (Å²) in [6, 6.07) is 5.42. The molecule has 5 nitrogen and oxygen atoms in total. The predicted molar refractivity (Wildman–Crippen MR) is 75.2 cm³/mol. The quantitative estimate of drug-likeness (QED) is 0.794. The lowest BCUT2D eigenvalue weighted by Gasteiger charge is -2.16. The SMILES string of the molecule is O=C1CC(S(=O)(=O)Cl)CN1c1ccc2ncsc2c1. The van der Waals surface area contributed by atoms with Crippen LogP contribution in [-0.4, -0.2) is 31.1 Å². The maximum Gasteiger partial charge on any atom is 0.237 e. The third kappa shape index (κ3) is 2.33. The van der Waals surface area contributed by atoms with Crippen molar-refractivity contribution in [3.63, 3.8) is 0 Å². The lowest BCUT2D eigenvalue weighted by Crippen LogP contribution is -2.26. The molecule has 0 radical (unpaired) electrons. The zero-order valence-electron chi connectivity index (χ0n) is 9.61. The maximum absolute atomic E-state index is 11.9. The lowest BCUT2D eigenvalue weighted by atomic mass is 10.3. The first-order valence-electron chi connectivity index (χ1n) is 5.52. The Morgan fingerprint density at radius 1 is 1.42 bits per heavy atom. The number of fused-ring (bicyclic) bond motifs is 1. The number of hydrogen-bond acceptors (Lipinski definition) is 5. The highest BCUT2D eigenvalue weighted by Crippen LogP contribution is 2.30. The van der Waals surface area contributed by atoms with E-state index in [1.54, 1.807) is 11.6 Å². The van der Waals surface area contributed by atoms with Gasteiger partial charge in [-0.3, -0.25) is 4.79 Å². The van der Waals surface area contributed by atoms with Crippen LogP contribution in [0.1, 0.15) is 6.42 Å². The van der Waals surface area contributed by atoms with Crippen LogP contribution in [0.25, 0.3) is 10.2 Å². The summed E-state index contributed by atoms with van der Waals surface area (Å²) >= 11 is 1.47. The molecule has 1 aromatic heterocycles. The van der Waals surface area contributed by atoms with Crippen molar-refractivity contribution in [1.82, 2.24) is 4.98 Å². The second-order valence-corrected chi connectivity index (χ2v) is 8.11. The van der Waals surface area contributed by atoms with Gasteiger partial charge in [-0.25, -0.2) is 13.4 Å². The normalized spacial score (nSPS) is 20.4. The van der Waals surface area contributed by atoms with E-state index in [1.165, 1.54) is 16.2 Å². The number of carbonyl (C=O) groups is 1. The number of benzene rings is 1.